The molecular formula is C27H29N5O3. The molecule has 0 saturated heterocycles. The SMILES string of the molecule is COc1cccc(-c2cnc3ccc(NC(=O)N[C@H](C)CCCc4ccccc4)nc3n2)c1OC. The minimum absolute atomic E-state index is 0.0334. The molecule has 2 aromatic heterocycles. The Hall–Kier alpha value is -4.20. The number of para-hydroxylation sites is 1. The summed E-state index contributed by atoms with van der Waals surface area (Å²) in [7, 11) is 3.17. The molecule has 35 heavy (non-hydrogen) atoms. The van der Waals surface area contributed by atoms with Crippen molar-refractivity contribution in [2.24, 2.45) is 0 Å². The van der Waals surface area contributed by atoms with Crippen LogP contribution in [0.1, 0.15) is 25.3 Å². The zero-order valence-electron chi connectivity index (χ0n) is 20.1. The fraction of sp³-hybridized carbons (Fsp3) is 0.259. The van der Waals surface area contributed by atoms with Crippen LogP contribution in [-0.4, -0.2) is 41.2 Å². The van der Waals surface area contributed by atoms with Crippen molar-refractivity contribution in [1.82, 2.24) is 20.3 Å². The Morgan fingerprint density at radius 1 is 0.971 bits per heavy atom. The van der Waals surface area contributed by atoms with E-state index in [0.717, 1.165) is 24.8 Å². The van der Waals surface area contributed by atoms with Crippen LogP contribution in [0.15, 0.2) is 66.9 Å². The van der Waals surface area contributed by atoms with E-state index in [9.17, 15) is 4.79 Å². The van der Waals surface area contributed by atoms with Crippen molar-refractivity contribution >= 4 is 23.0 Å². The number of amides is 2. The molecule has 0 unspecified atom stereocenters. The van der Waals surface area contributed by atoms with E-state index in [0.29, 0.717) is 34.2 Å². The second-order valence-electron chi connectivity index (χ2n) is 8.21. The summed E-state index contributed by atoms with van der Waals surface area (Å²) in [5.74, 6) is 1.57. The molecule has 180 valence electrons. The van der Waals surface area contributed by atoms with Gasteiger partial charge in [0, 0.05) is 11.6 Å². The molecule has 0 spiro atoms. The molecule has 4 aromatic rings. The second-order valence-corrected chi connectivity index (χ2v) is 8.21. The number of aryl methyl sites for hydroxylation is 1. The van der Waals surface area contributed by atoms with Crippen molar-refractivity contribution in [1.29, 1.82) is 0 Å². The predicted octanol–water partition coefficient (Wildman–Crippen LogP) is 5.24. The molecule has 0 aliphatic rings. The molecular weight excluding hydrogens is 442 g/mol. The summed E-state index contributed by atoms with van der Waals surface area (Å²) in [6.07, 6.45) is 4.52. The summed E-state index contributed by atoms with van der Waals surface area (Å²) >= 11 is 0. The maximum Gasteiger partial charge on any atom is 0.320 e. The lowest BCUT2D eigenvalue weighted by molar-refractivity contribution is 0.248. The summed E-state index contributed by atoms with van der Waals surface area (Å²) < 4.78 is 10.9. The van der Waals surface area contributed by atoms with E-state index in [1.165, 1.54) is 5.56 Å². The van der Waals surface area contributed by atoms with Gasteiger partial charge in [-0.05, 0) is 56.0 Å². The fourth-order valence-corrected chi connectivity index (χ4v) is 3.89. The largest absolute Gasteiger partial charge is 0.493 e. The molecule has 0 aliphatic carbocycles. The fourth-order valence-electron chi connectivity index (χ4n) is 3.89. The standard InChI is InChI=1S/C27H29N5O3/c1-18(9-7-12-19-10-5-4-6-11-19)29-27(33)32-24-16-15-21-26(31-24)30-22(17-28-21)20-13-8-14-23(34-2)25(20)35-3/h4-6,8,10-11,13-18H,7,9,12H2,1-3H3,(H2,29,30,31,32,33)/t18-/m1/s1. The number of anilines is 1. The first-order chi connectivity index (χ1) is 17.1. The van der Waals surface area contributed by atoms with E-state index in [-0.39, 0.29) is 12.1 Å². The van der Waals surface area contributed by atoms with Gasteiger partial charge in [0.2, 0.25) is 0 Å². The Bertz CT molecular complexity index is 1300. The minimum atomic E-state index is -0.303. The van der Waals surface area contributed by atoms with Crippen LogP contribution in [0.3, 0.4) is 0 Å². The lowest BCUT2D eigenvalue weighted by Crippen LogP contribution is -2.36. The van der Waals surface area contributed by atoms with Crippen LogP contribution in [0.4, 0.5) is 10.6 Å². The zero-order chi connectivity index (χ0) is 24.6. The number of nitrogens with one attached hydrogen (secondary N) is 2. The molecule has 0 bridgehead atoms. The molecule has 4 rings (SSSR count). The van der Waals surface area contributed by atoms with Gasteiger partial charge in [-0.2, -0.15) is 0 Å². The number of carbonyl (C=O) groups is 1. The summed E-state index contributed by atoms with van der Waals surface area (Å²) in [6.45, 7) is 2.00. The lowest BCUT2D eigenvalue weighted by Gasteiger charge is -2.14. The third-order valence-corrected chi connectivity index (χ3v) is 5.65. The van der Waals surface area contributed by atoms with Gasteiger partial charge in [0.05, 0.1) is 26.1 Å². The average molecular weight is 472 g/mol. The molecule has 8 nitrogen and oxygen atoms in total. The topological polar surface area (TPSA) is 98.3 Å². The smallest absolute Gasteiger partial charge is 0.320 e. The summed E-state index contributed by atoms with van der Waals surface area (Å²) in [5.41, 5.74) is 3.67. The van der Waals surface area contributed by atoms with Gasteiger partial charge in [0.1, 0.15) is 11.3 Å². The lowest BCUT2D eigenvalue weighted by atomic mass is 10.1. The van der Waals surface area contributed by atoms with Gasteiger partial charge >= 0.3 is 6.03 Å². The number of pyridine rings is 1. The first-order valence-corrected chi connectivity index (χ1v) is 11.5. The first kappa shape index (κ1) is 23.9. The van der Waals surface area contributed by atoms with Crippen LogP contribution in [-0.2, 0) is 6.42 Å². The van der Waals surface area contributed by atoms with Crippen molar-refractivity contribution in [2.75, 3.05) is 19.5 Å². The Morgan fingerprint density at radius 3 is 2.57 bits per heavy atom. The number of hydrogen-bond donors (Lipinski definition) is 2. The van der Waals surface area contributed by atoms with Gasteiger partial charge < -0.3 is 14.8 Å². The molecule has 0 radical (unpaired) electrons. The maximum absolute atomic E-state index is 12.5. The number of carbonyl (C=O) groups excluding carboxylic acids is 1. The second kappa shape index (κ2) is 11.3. The highest BCUT2D eigenvalue weighted by Crippen LogP contribution is 2.37. The third-order valence-electron chi connectivity index (χ3n) is 5.65. The average Bonchev–Trinajstić information content (AvgIpc) is 2.88. The number of methoxy groups -OCH3 is 2. The molecule has 0 saturated carbocycles. The van der Waals surface area contributed by atoms with E-state index < -0.39 is 0 Å². The molecule has 0 aliphatic heterocycles. The van der Waals surface area contributed by atoms with Crippen LogP contribution < -0.4 is 20.1 Å². The van der Waals surface area contributed by atoms with Crippen molar-refractivity contribution in [3.05, 3.63) is 72.4 Å². The van der Waals surface area contributed by atoms with Gasteiger partial charge in [-0.3, -0.25) is 10.3 Å². The quantitative estimate of drug-likeness (QED) is 0.346. The van der Waals surface area contributed by atoms with Gasteiger partial charge in [-0.15, -0.1) is 0 Å². The van der Waals surface area contributed by atoms with E-state index in [4.69, 9.17) is 9.47 Å². The summed E-state index contributed by atoms with van der Waals surface area (Å²) in [6, 6.07) is 19.1. The predicted molar refractivity (Wildman–Crippen MR) is 137 cm³/mol. The van der Waals surface area contributed by atoms with Crippen molar-refractivity contribution in [3.63, 3.8) is 0 Å². The number of aromatic nitrogens is 3. The third kappa shape index (κ3) is 6.03. The van der Waals surface area contributed by atoms with Crippen LogP contribution >= 0.6 is 0 Å². The van der Waals surface area contributed by atoms with Gasteiger partial charge in [0.15, 0.2) is 17.1 Å². The Labute approximate surface area is 204 Å². The number of fused-ring (bicyclic) bond motifs is 1. The van der Waals surface area contributed by atoms with Crippen LogP contribution in [0.5, 0.6) is 11.5 Å². The van der Waals surface area contributed by atoms with Gasteiger partial charge in [-0.1, -0.05) is 36.4 Å². The number of rotatable bonds is 9. The number of urea groups is 1. The van der Waals surface area contributed by atoms with Crippen molar-refractivity contribution in [2.45, 2.75) is 32.2 Å². The van der Waals surface area contributed by atoms with E-state index >= 15 is 0 Å². The minimum Gasteiger partial charge on any atom is -0.493 e. The Balaban J connectivity index is 1.41. The zero-order valence-corrected chi connectivity index (χ0v) is 20.1. The number of hydrogen-bond acceptors (Lipinski definition) is 6. The van der Waals surface area contributed by atoms with E-state index in [1.807, 2.05) is 43.3 Å². The van der Waals surface area contributed by atoms with Crippen molar-refractivity contribution < 1.29 is 14.3 Å². The first-order valence-electron chi connectivity index (χ1n) is 11.5. The van der Waals surface area contributed by atoms with Crippen LogP contribution in [0.25, 0.3) is 22.4 Å². The molecule has 2 aromatic carbocycles. The highest BCUT2D eigenvalue weighted by Gasteiger charge is 2.14. The van der Waals surface area contributed by atoms with Crippen LogP contribution in [0, 0.1) is 0 Å². The monoisotopic (exact) mass is 471 g/mol. The molecule has 1 atom stereocenters. The van der Waals surface area contributed by atoms with E-state index in [2.05, 4.69) is 37.7 Å². The number of nitrogens with zero attached hydrogens (tertiary/aromatic N) is 3. The highest BCUT2D eigenvalue weighted by atomic mass is 16.5. The summed E-state index contributed by atoms with van der Waals surface area (Å²) in [5, 5.41) is 5.77. The Kier molecular flexibility index (Phi) is 7.72. The molecule has 0 fully saturated rings. The van der Waals surface area contributed by atoms with Crippen LogP contribution in [0.2, 0.25) is 0 Å². The molecule has 2 amide bonds. The maximum atomic E-state index is 12.5. The number of benzene rings is 2. The van der Waals surface area contributed by atoms with Crippen molar-refractivity contribution in [3.8, 4) is 22.8 Å². The normalized spacial score (nSPS) is 11.6. The van der Waals surface area contributed by atoms with Gasteiger partial charge in [0.25, 0.3) is 0 Å². The molecule has 8 heteroatoms. The Morgan fingerprint density at radius 2 is 1.80 bits per heavy atom. The molecule has 2 N–H and O–H groups in total. The highest BCUT2D eigenvalue weighted by molar-refractivity contribution is 5.89. The molecule has 2 heterocycles. The van der Waals surface area contributed by atoms with Gasteiger partial charge in [-0.25, -0.2) is 14.8 Å². The van der Waals surface area contributed by atoms with E-state index in [1.54, 1.807) is 32.5 Å². The number of ether oxygens (including phenoxy) is 2. The summed E-state index contributed by atoms with van der Waals surface area (Å²) in [4.78, 5) is 26.1.